The molecule has 0 radical (unpaired) electrons. The molecule has 0 saturated heterocycles. The van der Waals surface area contributed by atoms with Gasteiger partial charge in [-0.05, 0) is 38.5 Å². The molecule has 0 rings (SSSR count). The summed E-state index contributed by atoms with van der Waals surface area (Å²) in [5.74, 6) is 0.0443. The van der Waals surface area contributed by atoms with Crippen LogP contribution in [0.5, 0.6) is 0 Å². The van der Waals surface area contributed by atoms with Crippen LogP contribution in [0.1, 0.15) is 233 Å². The number of unbranched alkanes of at least 4 members (excludes halogenated alkanes) is 26. The van der Waals surface area contributed by atoms with Crippen molar-refractivity contribution in [2.45, 2.75) is 233 Å². The maximum absolute atomic E-state index is 10.7. The molecular weight excluding hydrogens is 761 g/mol. The van der Waals surface area contributed by atoms with Crippen molar-refractivity contribution >= 4 is 58.5 Å². The maximum atomic E-state index is 10.7. The summed E-state index contributed by atoms with van der Waals surface area (Å²) in [6.07, 6.45) is 47.6. The molecule has 2 atom stereocenters. The van der Waals surface area contributed by atoms with Gasteiger partial charge in [0, 0.05) is 11.8 Å². The van der Waals surface area contributed by atoms with Gasteiger partial charge >= 0.3 is 37.7 Å². The van der Waals surface area contributed by atoms with Crippen molar-refractivity contribution in [1.29, 1.82) is 0 Å². The van der Waals surface area contributed by atoms with E-state index in [2.05, 4.69) is 48.2 Å². The van der Waals surface area contributed by atoms with Gasteiger partial charge in [0.05, 0.1) is 13.2 Å². The first-order chi connectivity index (χ1) is 26.0. The fraction of sp³-hybridized carbons (Fsp3) is 0.909. The van der Waals surface area contributed by atoms with Crippen LogP contribution in [0, 0.1) is 11.8 Å². The second kappa shape index (κ2) is 45.6. The largest absolute Gasteiger partial charge is 2.00 e. The maximum Gasteiger partial charge on any atom is 2.00 e. The molecule has 0 heterocycles. The summed E-state index contributed by atoms with van der Waals surface area (Å²) < 4.78 is 73.2. The Kier molecular flexibility index (Phi) is 49.5. The van der Waals surface area contributed by atoms with E-state index in [4.69, 9.17) is 0 Å². The standard InChI is InChI=1S/2C22H44O4S.Ca/c2*1-3-5-7-9-10-11-12-13-14-16-18-20-22(21-26-27(23,24)25)19-17-15-8-6-4-2;/h2*17,19,22H,3-16,18,20-21H2,1-2H3,(H,23,24,25);/q;;+2/p-2/b2*19-17+;. The van der Waals surface area contributed by atoms with Crippen LogP contribution in [0.25, 0.3) is 0 Å². The smallest absolute Gasteiger partial charge is 0.726 e. The Morgan fingerprint density at radius 2 is 0.636 bits per heavy atom. The SMILES string of the molecule is CCCCC/C=C/C(CCCCCCCCCCCCC)COS(=O)(=O)[O-].CCCCC/C=C/C(CCCCCCCCCCCCC)COS(=O)(=O)[O-].[Ca+2]. The van der Waals surface area contributed by atoms with Crippen molar-refractivity contribution < 1.29 is 34.3 Å². The average Bonchev–Trinajstić information content (AvgIpc) is 3.12. The minimum Gasteiger partial charge on any atom is -0.726 e. The molecule has 11 heteroatoms. The Hall–Kier alpha value is 0.480. The zero-order valence-corrected chi connectivity index (χ0v) is 40.1. The van der Waals surface area contributed by atoms with Crippen molar-refractivity contribution in [2.75, 3.05) is 13.2 Å². The van der Waals surface area contributed by atoms with Gasteiger partial charge in [-0.25, -0.2) is 16.8 Å². The Morgan fingerprint density at radius 1 is 0.400 bits per heavy atom. The number of rotatable bonds is 40. The molecule has 8 nitrogen and oxygen atoms in total. The summed E-state index contributed by atoms with van der Waals surface area (Å²) in [7, 11) is -9.19. The van der Waals surface area contributed by atoms with Crippen LogP contribution in [0.2, 0.25) is 0 Å². The second-order valence-electron chi connectivity index (χ2n) is 15.4. The van der Waals surface area contributed by atoms with Gasteiger partial charge in [0.25, 0.3) is 0 Å². The van der Waals surface area contributed by atoms with Crippen molar-refractivity contribution in [3.05, 3.63) is 24.3 Å². The van der Waals surface area contributed by atoms with Gasteiger partial charge in [-0.3, -0.25) is 8.37 Å². The number of hydrogen-bond donors (Lipinski definition) is 0. The van der Waals surface area contributed by atoms with Gasteiger partial charge in [-0.1, -0.05) is 219 Å². The molecular formula is C44H86CaO8S2. The third kappa shape index (κ3) is 54.5. The molecule has 324 valence electrons. The fourth-order valence-electron chi connectivity index (χ4n) is 6.55. The van der Waals surface area contributed by atoms with E-state index < -0.39 is 20.8 Å². The van der Waals surface area contributed by atoms with Gasteiger partial charge < -0.3 is 9.11 Å². The van der Waals surface area contributed by atoms with Gasteiger partial charge in [0.2, 0.25) is 20.8 Å². The van der Waals surface area contributed by atoms with E-state index in [0.717, 1.165) is 51.4 Å². The minimum atomic E-state index is -4.60. The van der Waals surface area contributed by atoms with Crippen molar-refractivity contribution in [1.82, 2.24) is 0 Å². The van der Waals surface area contributed by atoms with Crippen LogP contribution < -0.4 is 0 Å². The topological polar surface area (TPSA) is 133 Å². The molecule has 0 amide bonds. The molecule has 0 aromatic rings. The van der Waals surface area contributed by atoms with Crippen LogP contribution >= 0.6 is 0 Å². The minimum absolute atomic E-state index is 0. The van der Waals surface area contributed by atoms with E-state index in [9.17, 15) is 25.9 Å². The quantitative estimate of drug-likeness (QED) is 0.0196. The van der Waals surface area contributed by atoms with Crippen LogP contribution in [-0.2, 0) is 29.2 Å². The first kappa shape index (κ1) is 59.8. The van der Waals surface area contributed by atoms with E-state index in [1.165, 1.54) is 154 Å². The number of hydrogen-bond acceptors (Lipinski definition) is 8. The molecule has 0 saturated carbocycles. The third-order valence-electron chi connectivity index (χ3n) is 9.98. The van der Waals surface area contributed by atoms with E-state index in [1.54, 1.807) is 0 Å². The molecule has 0 spiro atoms. The third-order valence-corrected chi connectivity index (χ3v) is 10.8. The van der Waals surface area contributed by atoms with E-state index in [0.29, 0.717) is 0 Å². The van der Waals surface area contributed by atoms with Crippen LogP contribution in [-0.4, -0.2) is 76.9 Å². The molecule has 0 fully saturated rings. The first-order valence-corrected chi connectivity index (χ1v) is 25.2. The monoisotopic (exact) mass is 847 g/mol. The molecule has 0 aromatic carbocycles. The molecule has 0 bridgehead atoms. The summed E-state index contributed by atoms with van der Waals surface area (Å²) in [4.78, 5) is 0. The van der Waals surface area contributed by atoms with E-state index in [1.807, 2.05) is 12.2 Å². The molecule has 55 heavy (non-hydrogen) atoms. The zero-order valence-electron chi connectivity index (χ0n) is 36.3. The zero-order chi connectivity index (χ0) is 40.4. The Bertz CT molecular complexity index is 952. The fourth-order valence-corrected chi connectivity index (χ4v) is 7.24. The van der Waals surface area contributed by atoms with Crippen molar-refractivity contribution in [3.8, 4) is 0 Å². The van der Waals surface area contributed by atoms with Crippen molar-refractivity contribution in [2.24, 2.45) is 11.8 Å². The summed E-state index contributed by atoms with van der Waals surface area (Å²) in [6.45, 7) is 8.80. The van der Waals surface area contributed by atoms with Gasteiger partial charge in [-0.2, -0.15) is 0 Å². The van der Waals surface area contributed by atoms with Crippen LogP contribution in [0.4, 0.5) is 0 Å². The first-order valence-electron chi connectivity index (χ1n) is 22.5. The van der Waals surface area contributed by atoms with E-state index in [-0.39, 0.29) is 62.8 Å². The van der Waals surface area contributed by atoms with Gasteiger partial charge in [0.1, 0.15) is 0 Å². The summed E-state index contributed by atoms with van der Waals surface area (Å²) in [6, 6.07) is 0. The predicted octanol–water partition coefficient (Wildman–Crippen LogP) is 13.5. The normalized spacial score (nSPS) is 13.2. The molecule has 0 N–H and O–H groups in total. The van der Waals surface area contributed by atoms with E-state index >= 15 is 0 Å². The average molecular weight is 847 g/mol. The Morgan fingerprint density at radius 3 is 0.891 bits per heavy atom. The second-order valence-corrected chi connectivity index (χ2v) is 17.5. The Labute approximate surface area is 372 Å². The summed E-state index contributed by atoms with van der Waals surface area (Å²) in [5, 5.41) is 0. The van der Waals surface area contributed by atoms with Crippen LogP contribution in [0.3, 0.4) is 0 Å². The van der Waals surface area contributed by atoms with Gasteiger partial charge in [0.15, 0.2) is 0 Å². The summed E-state index contributed by atoms with van der Waals surface area (Å²) in [5.41, 5.74) is 0. The van der Waals surface area contributed by atoms with Crippen molar-refractivity contribution in [3.63, 3.8) is 0 Å². The molecule has 0 aliphatic rings. The molecule has 0 aromatic heterocycles. The van der Waals surface area contributed by atoms with Gasteiger partial charge in [-0.15, -0.1) is 0 Å². The molecule has 0 aliphatic carbocycles. The Balaban J connectivity index is -0.000000966. The number of allylic oxidation sites excluding steroid dienone is 2. The van der Waals surface area contributed by atoms with Crippen LogP contribution in [0.15, 0.2) is 24.3 Å². The molecule has 0 aliphatic heterocycles. The molecule has 2 unspecified atom stereocenters. The summed E-state index contributed by atoms with van der Waals surface area (Å²) >= 11 is 0. The predicted molar refractivity (Wildman–Crippen MR) is 233 cm³/mol.